The predicted molar refractivity (Wildman–Crippen MR) is 80.9 cm³/mol. The molecule has 0 saturated heterocycles. The largest absolute Gasteiger partial charge is 0.312 e. The fraction of sp³-hybridized carbons (Fsp3) is 0. The molecule has 0 fully saturated rings. The van der Waals surface area contributed by atoms with Gasteiger partial charge in [-0.2, -0.15) is 5.26 Å². The molecular weight excluding hydrogens is 327 g/mol. The summed E-state index contributed by atoms with van der Waals surface area (Å²) >= 11 is 6.05. The summed E-state index contributed by atoms with van der Waals surface area (Å²) in [6.45, 7) is 0. The van der Waals surface area contributed by atoms with Crippen LogP contribution in [0.3, 0.4) is 0 Å². The maximum atomic E-state index is 13.2. The number of hydrogen-bond acceptors (Lipinski definition) is 4. The van der Waals surface area contributed by atoms with Crippen LogP contribution in [0, 0.1) is 17.1 Å². The Balaban J connectivity index is 2.31. The van der Waals surface area contributed by atoms with Gasteiger partial charge in [-0.15, -0.1) is 0 Å². The SMILES string of the molecule is N#CC1=CN(c2ccc(F)cc2Cl)c2ccccc2S1(=O)=O. The van der Waals surface area contributed by atoms with Gasteiger partial charge in [0.25, 0.3) is 0 Å². The quantitative estimate of drug-likeness (QED) is 0.796. The van der Waals surface area contributed by atoms with Crippen LogP contribution in [0.15, 0.2) is 58.5 Å². The van der Waals surface area contributed by atoms with Crippen molar-refractivity contribution in [2.75, 3.05) is 4.90 Å². The van der Waals surface area contributed by atoms with Crippen LogP contribution in [0.2, 0.25) is 5.02 Å². The molecule has 0 aromatic heterocycles. The second-order valence-electron chi connectivity index (χ2n) is 4.54. The zero-order chi connectivity index (χ0) is 15.9. The first-order chi connectivity index (χ1) is 10.4. The standard InChI is InChI=1S/C15H8ClFN2O2S/c16-12-7-10(17)5-6-13(12)19-9-11(8-18)22(20,21)15-4-2-1-3-14(15)19/h1-7,9H. The highest BCUT2D eigenvalue weighted by Crippen LogP contribution is 2.41. The Bertz CT molecular complexity index is 948. The first-order valence-corrected chi connectivity index (χ1v) is 8.01. The van der Waals surface area contributed by atoms with Gasteiger partial charge in [0.2, 0.25) is 9.84 Å². The summed E-state index contributed by atoms with van der Waals surface area (Å²) in [6, 6.07) is 11.7. The average Bonchev–Trinajstić information content (AvgIpc) is 2.49. The lowest BCUT2D eigenvalue weighted by molar-refractivity contribution is 0.602. The van der Waals surface area contributed by atoms with Gasteiger partial charge in [-0.1, -0.05) is 23.7 Å². The summed E-state index contributed by atoms with van der Waals surface area (Å²) in [6.07, 6.45) is 1.19. The molecule has 7 heteroatoms. The van der Waals surface area contributed by atoms with Gasteiger partial charge in [-0.05, 0) is 30.3 Å². The number of halogens is 2. The Morgan fingerprint density at radius 2 is 1.86 bits per heavy atom. The van der Waals surface area contributed by atoms with Crippen molar-refractivity contribution in [2.45, 2.75) is 4.90 Å². The molecule has 1 heterocycles. The number of allylic oxidation sites excluding steroid dienone is 1. The molecule has 4 nitrogen and oxygen atoms in total. The first-order valence-electron chi connectivity index (χ1n) is 6.15. The molecule has 22 heavy (non-hydrogen) atoms. The highest BCUT2D eigenvalue weighted by atomic mass is 35.5. The summed E-state index contributed by atoms with van der Waals surface area (Å²) in [5.41, 5.74) is 0.744. The van der Waals surface area contributed by atoms with Crippen molar-refractivity contribution < 1.29 is 12.8 Å². The van der Waals surface area contributed by atoms with Crippen LogP contribution in [0.4, 0.5) is 15.8 Å². The van der Waals surface area contributed by atoms with Gasteiger partial charge in [0.15, 0.2) is 4.91 Å². The number of sulfone groups is 1. The van der Waals surface area contributed by atoms with E-state index in [1.165, 1.54) is 29.3 Å². The third-order valence-corrected chi connectivity index (χ3v) is 5.23. The molecule has 1 aliphatic rings. The fourth-order valence-electron chi connectivity index (χ4n) is 2.22. The van der Waals surface area contributed by atoms with Gasteiger partial charge < -0.3 is 4.90 Å². The first kappa shape index (κ1) is 14.6. The van der Waals surface area contributed by atoms with Crippen molar-refractivity contribution in [1.82, 2.24) is 0 Å². The van der Waals surface area contributed by atoms with Crippen LogP contribution in [0.1, 0.15) is 0 Å². The lowest BCUT2D eigenvalue weighted by Gasteiger charge is -2.28. The Kier molecular flexibility index (Phi) is 3.39. The molecule has 0 saturated carbocycles. The number of nitrogens with zero attached hydrogens (tertiary/aromatic N) is 2. The van der Waals surface area contributed by atoms with Crippen molar-refractivity contribution in [2.24, 2.45) is 0 Å². The van der Waals surface area contributed by atoms with Gasteiger partial charge in [0, 0.05) is 6.20 Å². The van der Waals surface area contributed by atoms with Gasteiger partial charge in [-0.3, -0.25) is 0 Å². The molecule has 2 aromatic rings. The number of rotatable bonds is 1. The Hall–Kier alpha value is -2.36. The van der Waals surface area contributed by atoms with Gasteiger partial charge >= 0.3 is 0 Å². The van der Waals surface area contributed by atoms with Crippen molar-refractivity contribution in [3.63, 3.8) is 0 Å². The minimum Gasteiger partial charge on any atom is -0.312 e. The Labute approximate surface area is 131 Å². The minimum atomic E-state index is -3.85. The maximum Gasteiger partial charge on any atom is 0.220 e. The van der Waals surface area contributed by atoms with Crippen LogP contribution in [-0.2, 0) is 9.84 Å². The number of nitriles is 1. The second-order valence-corrected chi connectivity index (χ2v) is 6.84. The molecular formula is C15H8ClFN2O2S. The molecule has 1 aliphatic heterocycles. The molecule has 0 spiro atoms. The Morgan fingerprint density at radius 1 is 1.14 bits per heavy atom. The third-order valence-electron chi connectivity index (χ3n) is 3.23. The topological polar surface area (TPSA) is 61.2 Å². The van der Waals surface area contributed by atoms with Crippen molar-refractivity contribution in [3.8, 4) is 6.07 Å². The molecule has 0 amide bonds. The monoisotopic (exact) mass is 334 g/mol. The number of fused-ring (bicyclic) bond motifs is 1. The average molecular weight is 335 g/mol. The number of benzene rings is 2. The van der Waals surface area contributed by atoms with E-state index in [4.69, 9.17) is 16.9 Å². The second kappa shape index (κ2) is 5.13. The normalized spacial score (nSPS) is 15.7. The number of para-hydroxylation sites is 1. The van der Waals surface area contributed by atoms with E-state index in [1.807, 2.05) is 0 Å². The molecule has 0 aliphatic carbocycles. The smallest absolute Gasteiger partial charge is 0.220 e. The minimum absolute atomic E-state index is 0.00874. The van der Waals surface area contributed by atoms with Gasteiger partial charge in [-0.25, -0.2) is 12.8 Å². The van der Waals surface area contributed by atoms with Crippen molar-refractivity contribution >= 4 is 32.8 Å². The van der Waals surface area contributed by atoms with E-state index in [2.05, 4.69) is 0 Å². The van der Waals surface area contributed by atoms with Crippen molar-refractivity contribution in [1.29, 1.82) is 5.26 Å². The van der Waals surface area contributed by atoms with Crippen LogP contribution < -0.4 is 4.90 Å². The van der Waals surface area contributed by atoms with Gasteiger partial charge in [0.05, 0.1) is 21.3 Å². The van der Waals surface area contributed by atoms with Crippen molar-refractivity contribution in [3.05, 3.63) is 64.4 Å². The lowest BCUT2D eigenvalue weighted by atomic mass is 10.2. The summed E-state index contributed by atoms with van der Waals surface area (Å²) in [5, 5.41) is 9.23. The molecule has 0 atom stereocenters. The molecule has 0 unspecified atom stereocenters. The van der Waals surface area contributed by atoms with E-state index in [0.717, 1.165) is 6.07 Å². The fourth-order valence-corrected chi connectivity index (χ4v) is 3.78. The molecule has 2 aromatic carbocycles. The predicted octanol–water partition coefficient (Wildman–Crippen LogP) is 3.77. The summed E-state index contributed by atoms with van der Waals surface area (Å²) in [4.78, 5) is 1.08. The van der Waals surface area contributed by atoms with Gasteiger partial charge in [0.1, 0.15) is 11.9 Å². The van der Waals surface area contributed by atoms with E-state index in [9.17, 15) is 12.8 Å². The molecule has 110 valence electrons. The van der Waals surface area contributed by atoms with Crippen LogP contribution in [0.25, 0.3) is 0 Å². The summed E-state index contributed by atoms with van der Waals surface area (Å²) in [5.74, 6) is -0.504. The highest BCUT2D eigenvalue weighted by molar-refractivity contribution is 7.95. The van der Waals surface area contributed by atoms with E-state index < -0.39 is 20.6 Å². The Morgan fingerprint density at radius 3 is 2.55 bits per heavy atom. The summed E-state index contributed by atoms with van der Waals surface area (Å²) < 4.78 is 37.9. The third kappa shape index (κ3) is 2.15. The lowest BCUT2D eigenvalue weighted by Crippen LogP contribution is -2.21. The molecule has 0 radical (unpaired) electrons. The zero-order valence-corrected chi connectivity index (χ0v) is 12.6. The van der Waals surface area contributed by atoms with E-state index in [-0.39, 0.29) is 9.92 Å². The highest BCUT2D eigenvalue weighted by Gasteiger charge is 2.32. The number of anilines is 2. The number of hydrogen-bond donors (Lipinski definition) is 0. The van der Waals surface area contributed by atoms with E-state index in [0.29, 0.717) is 11.4 Å². The van der Waals surface area contributed by atoms with E-state index >= 15 is 0 Å². The molecule has 3 rings (SSSR count). The zero-order valence-electron chi connectivity index (χ0n) is 11.0. The summed E-state index contributed by atoms with van der Waals surface area (Å²) in [7, 11) is -3.85. The molecule has 0 bridgehead atoms. The van der Waals surface area contributed by atoms with E-state index in [1.54, 1.807) is 24.3 Å². The molecule has 0 N–H and O–H groups in total. The van der Waals surface area contributed by atoms with Crippen LogP contribution in [0.5, 0.6) is 0 Å². The van der Waals surface area contributed by atoms with Crippen LogP contribution >= 0.6 is 11.6 Å². The maximum absolute atomic E-state index is 13.2. The van der Waals surface area contributed by atoms with Crippen LogP contribution in [-0.4, -0.2) is 8.42 Å².